The van der Waals surface area contributed by atoms with E-state index in [-0.39, 0.29) is 5.91 Å². The fourth-order valence-corrected chi connectivity index (χ4v) is 4.20. The third kappa shape index (κ3) is 6.76. The number of halogens is 2. The molecule has 1 unspecified atom stereocenters. The molecule has 0 saturated carbocycles. The number of hydrogen-bond donors (Lipinski definition) is 1. The number of pyridine rings is 1. The maximum absolute atomic E-state index is 13.6. The Hall–Kier alpha value is -4.43. The van der Waals surface area contributed by atoms with Crippen LogP contribution in [0.1, 0.15) is 48.3 Å². The predicted octanol–water partition coefficient (Wildman–Crippen LogP) is 5.71. The molecular formula is C29H28F2N4O4S. The van der Waals surface area contributed by atoms with Crippen LogP contribution in [0.4, 0.5) is 13.1 Å². The van der Waals surface area contributed by atoms with Gasteiger partial charge < -0.3 is 15.0 Å². The van der Waals surface area contributed by atoms with E-state index in [1.54, 1.807) is 61.3 Å². The van der Waals surface area contributed by atoms with Crippen LogP contribution in [0.25, 0.3) is 11.1 Å². The molecule has 4 amide bonds. The van der Waals surface area contributed by atoms with E-state index < -0.39 is 36.3 Å². The van der Waals surface area contributed by atoms with Gasteiger partial charge in [0.25, 0.3) is 11.8 Å². The number of urea groups is 1. The maximum Gasteiger partial charge on any atom is 0.337 e. The van der Waals surface area contributed by atoms with Crippen LogP contribution < -0.4 is 10.1 Å². The molecule has 2 aliphatic heterocycles. The highest BCUT2D eigenvalue weighted by molar-refractivity contribution is 7.93. The van der Waals surface area contributed by atoms with Crippen molar-refractivity contribution in [1.29, 1.82) is 0 Å². The summed E-state index contributed by atoms with van der Waals surface area (Å²) in [6.45, 7) is 6.81. The van der Waals surface area contributed by atoms with Crippen molar-refractivity contribution in [2.75, 3.05) is 13.7 Å². The van der Waals surface area contributed by atoms with Crippen LogP contribution in [-0.4, -0.2) is 45.7 Å². The van der Waals surface area contributed by atoms with Crippen LogP contribution in [0.15, 0.2) is 60.8 Å². The molecule has 11 heteroatoms. The highest BCUT2D eigenvalue weighted by Gasteiger charge is 2.40. The molecule has 40 heavy (non-hydrogen) atoms. The number of aromatic nitrogens is 1. The molecule has 5 rings (SSSR count). The SMILES string of the molecule is CC.CC#CCOc1ccc2c(c1)C(=O)N(C)C2.O=C1NC(c2ccc(-c3cccnc3F)cc2)C(=O)N1SF. The van der Waals surface area contributed by atoms with Gasteiger partial charge in [-0.3, -0.25) is 9.59 Å². The maximum atomic E-state index is 13.6. The molecule has 8 nitrogen and oxygen atoms in total. The normalized spacial score (nSPS) is 15.2. The Kier molecular flexibility index (Phi) is 10.6. The van der Waals surface area contributed by atoms with Gasteiger partial charge in [-0.2, -0.15) is 8.70 Å². The summed E-state index contributed by atoms with van der Waals surface area (Å²) in [5, 5.41) is 2.38. The summed E-state index contributed by atoms with van der Waals surface area (Å²) in [5.41, 5.74) is 3.20. The summed E-state index contributed by atoms with van der Waals surface area (Å²) in [5.74, 6) is 5.05. The van der Waals surface area contributed by atoms with Gasteiger partial charge in [-0.15, -0.1) is 9.81 Å². The molecule has 3 aromatic rings. The van der Waals surface area contributed by atoms with E-state index in [0.717, 1.165) is 11.1 Å². The number of carbonyl (C=O) groups is 3. The van der Waals surface area contributed by atoms with Gasteiger partial charge in [0.15, 0.2) is 12.3 Å². The van der Waals surface area contributed by atoms with E-state index in [9.17, 15) is 22.7 Å². The lowest BCUT2D eigenvalue weighted by Crippen LogP contribution is -2.22. The van der Waals surface area contributed by atoms with Crippen LogP contribution in [-0.2, 0) is 11.3 Å². The highest BCUT2D eigenvalue weighted by atomic mass is 32.2. The number of carbonyl (C=O) groups excluding carboxylic acids is 3. The van der Waals surface area contributed by atoms with Gasteiger partial charge in [0, 0.05) is 30.9 Å². The fraction of sp³-hybridized carbons (Fsp3) is 0.241. The first-order chi connectivity index (χ1) is 19.3. The molecule has 1 atom stereocenters. The summed E-state index contributed by atoms with van der Waals surface area (Å²) in [4.78, 5) is 40.3. The number of imide groups is 1. The van der Waals surface area contributed by atoms with Gasteiger partial charge in [0.1, 0.15) is 18.4 Å². The molecule has 1 aromatic heterocycles. The van der Waals surface area contributed by atoms with Gasteiger partial charge in [0.05, 0.1) is 0 Å². The van der Waals surface area contributed by atoms with E-state index in [4.69, 9.17) is 4.74 Å². The first-order valence-corrected chi connectivity index (χ1v) is 13.1. The summed E-state index contributed by atoms with van der Waals surface area (Å²) in [6.07, 6.45) is 1.35. The van der Waals surface area contributed by atoms with E-state index in [1.807, 2.05) is 26.0 Å². The molecule has 1 N–H and O–H groups in total. The topological polar surface area (TPSA) is 91.8 Å². The zero-order chi connectivity index (χ0) is 29.2. The number of amides is 4. The number of rotatable bonds is 5. The van der Waals surface area contributed by atoms with Gasteiger partial charge >= 0.3 is 6.03 Å². The Labute approximate surface area is 236 Å². The van der Waals surface area contributed by atoms with Gasteiger partial charge in [0.2, 0.25) is 5.95 Å². The third-order valence-corrected chi connectivity index (χ3v) is 6.32. The molecule has 0 spiro atoms. The van der Waals surface area contributed by atoms with Crippen molar-refractivity contribution >= 4 is 30.2 Å². The van der Waals surface area contributed by atoms with Gasteiger partial charge in [-0.1, -0.05) is 50.1 Å². The van der Waals surface area contributed by atoms with Crippen molar-refractivity contribution in [3.05, 3.63) is 83.4 Å². The molecule has 2 aromatic carbocycles. The van der Waals surface area contributed by atoms with Crippen molar-refractivity contribution in [3.63, 3.8) is 0 Å². The molecule has 3 heterocycles. The zero-order valence-electron chi connectivity index (χ0n) is 22.4. The van der Waals surface area contributed by atoms with E-state index in [2.05, 4.69) is 22.1 Å². The molecule has 0 bridgehead atoms. The van der Waals surface area contributed by atoms with Crippen molar-refractivity contribution < 1.29 is 27.4 Å². The quantitative estimate of drug-likeness (QED) is 0.184. The Morgan fingerprint density at radius 2 is 1.82 bits per heavy atom. The smallest absolute Gasteiger partial charge is 0.337 e. The van der Waals surface area contributed by atoms with E-state index >= 15 is 0 Å². The standard InChI is InChI=1S/C14H9F2N3O2S.C13H13NO2.C2H6/c15-12-10(2-1-7-17-12)8-3-5-9(6-4-8)11-13(20)19(22-16)14(21)18-11;1-3-4-7-16-11-6-5-10-9-14(2)13(15)12(10)8-11;1-2/h1-7,11H,(H,18,21);5-6,8H,7,9H2,1-2H3;1-2H3. The molecule has 0 aliphatic carbocycles. The minimum Gasteiger partial charge on any atom is -0.481 e. The van der Waals surface area contributed by atoms with E-state index in [0.29, 0.717) is 39.9 Å². The highest BCUT2D eigenvalue weighted by Crippen LogP contribution is 2.29. The Morgan fingerprint density at radius 1 is 1.10 bits per heavy atom. The summed E-state index contributed by atoms with van der Waals surface area (Å²) in [6, 6.07) is 13.4. The van der Waals surface area contributed by atoms with Gasteiger partial charge in [-0.25, -0.2) is 9.78 Å². The first kappa shape index (κ1) is 30.1. The second kappa shape index (κ2) is 14.1. The fourth-order valence-electron chi connectivity index (χ4n) is 3.92. The van der Waals surface area contributed by atoms with Gasteiger partial charge in [-0.05, 0) is 47.9 Å². The second-order valence-electron chi connectivity index (χ2n) is 8.24. The molecule has 0 radical (unpaired) electrons. The predicted molar refractivity (Wildman–Crippen MR) is 149 cm³/mol. The minimum atomic E-state index is -0.941. The Bertz CT molecular complexity index is 1440. The first-order valence-electron chi connectivity index (χ1n) is 12.4. The molecular weight excluding hydrogens is 538 g/mol. The van der Waals surface area contributed by atoms with E-state index in [1.165, 1.54) is 6.20 Å². The summed E-state index contributed by atoms with van der Waals surface area (Å²) in [7, 11) is 1.80. The average Bonchev–Trinajstić information content (AvgIpc) is 3.43. The zero-order valence-corrected chi connectivity index (χ0v) is 23.2. The second-order valence-corrected chi connectivity index (χ2v) is 8.75. The number of nitrogens with one attached hydrogen (secondary N) is 1. The van der Waals surface area contributed by atoms with Crippen molar-refractivity contribution in [1.82, 2.24) is 19.5 Å². The van der Waals surface area contributed by atoms with Crippen LogP contribution in [0.3, 0.4) is 0 Å². The third-order valence-electron chi connectivity index (χ3n) is 5.84. The van der Waals surface area contributed by atoms with Crippen molar-refractivity contribution in [2.45, 2.75) is 33.4 Å². The van der Waals surface area contributed by atoms with Crippen LogP contribution in [0.2, 0.25) is 0 Å². The van der Waals surface area contributed by atoms with Crippen molar-refractivity contribution in [2.24, 2.45) is 0 Å². The number of nitrogens with zero attached hydrogens (tertiary/aromatic N) is 3. The average molecular weight is 567 g/mol. The number of benzene rings is 2. The van der Waals surface area contributed by atoms with Crippen molar-refractivity contribution in [3.8, 4) is 28.7 Å². The number of ether oxygens (including phenoxy) is 1. The number of fused-ring (bicyclic) bond motifs is 1. The minimum absolute atomic E-state index is 0.0574. The lowest BCUT2D eigenvalue weighted by molar-refractivity contribution is -0.124. The summed E-state index contributed by atoms with van der Waals surface area (Å²) >= 11 is -0.437. The van der Waals surface area contributed by atoms with Crippen LogP contribution in [0, 0.1) is 17.8 Å². The van der Waals surface area contributed by atoms with Crippen LogP contribution >= 0.6 is 12.3 Å². The molecule has 208 valence electrons. The molecule has 2 aliphatic rings. The number of hydrogen-bond acceptors (Lipinski definition) is 6. The van der Waals surface area contributed by atoms with Crippen LogP contribution in [0.5, 0.6) is 5.75 Å². The lowest BCUT2D eigenvalue weighted by atomic mass is 10.0. The monoisotopic (exact) mass is 566 g/mol. The molecule has 1 fully saturated rings. The Balaban J connectivity index is 0.000000217. The Morgan fingerprint density at radius 3 is 2.45 bits per heavy atom. The molecule has 1 saturated heterocycles. The summed E-state index contributed by atoms with van der Waals surface area (Å²) < 4.78 is 32.0. The largest absolute Gasteiger partial charge is 0.481 e. The lowest BCUT2D eigenvalue weighted by Gasteiger charge is -2.09.